The van der Waals surface area contributed by atoms with Crippen LogP contribution in [0.5, 0.6) is 0 Å². The molecule has 0 spiro atoms. The third-order valence-corrected chi connectivity index (χ3v) is 3.79. The molecule has 2 aromatic rings. The highest BCUT2D eigenvalue weighted by molar-refractivity contribution is 5.94. The SMILES string of the molecule is Cc1c(C(=O)NC2CC2)nnn1-c1ccc(C(=O)NCCO)cc1. The van der Waals surface area contributed by atoms with Crippen molar-refractivity contribution < 1.29 is 14.7 Å². The molecule has 1 fully saturated rings. The third kappa shape index (κ3) is 3.43. The molecule has 1 aromatic heterocycles. The van der Waals surface area contributed by atoms with E-state index in [1.807, 2.05) is 0 Å². The number of hydrogen-bond donors (Lipinski definition) is 3. The van der Waals surface area contributed by atoms with Gasteiger partial charge in [-0.15, -0.1) is 5.10 Å². The number of carbonyl (C=O) groups is 2. The van der Waals surface area contributed by atoms with Crippen LogP contribution in [0.15, 0.2) is 24.3 Å². The highest BCUT2D eigenvalue weighted by Crippen LogP contribution is 2.20. The van der Waals surface area contributed by atoms with Crippen LogP contribution in [0.1, 0.15) is 39.4 Å². The van der Waals surface area contributed by atoms with Crippen LogP contribution in [0, 0.1) is 6.92 Å². The molecule has 0 aliphatic heterocycles. The first-order valence-electron chi connectivity index (χ1n) is 7.83. The summed E-state index contributed by atoms with van der Waals surface area (Å²) in [6, 6.07) is 7.05. The molecule has 0 atom stereocenters. The van der Waals surface area contributed by atoms with Gasteiger partial charge in [-0.05, 0) is 44.0 Å². The average Bonchev–Trinajstić information content (AvgIpc) is 3.32. The molecular weight excluding hydrogens is 310 g/mol. The minimum Gasteiger partial charge on any atom is -0.395 e. The van der Waals surface area contributed by atoms with Gasteiger partial charge in [-0.2, -0.15) is 0 Å². The summed E-state index contributed by atoms with van der Waals surface area (Å²) in [6.45, 7) is 1.89. The summed E-state index contributed by atoms with van der Waals surface area (Å²) in [5.41, 5.74) is 2.15. The molecule has 3 N–H and O–H groups in total. The second kappa shape index (κ2) is 6.79. The van der Waals surface area contributed by atoms with Crippen molar-refractivity contribution in [3.05, 3.63) is 41.2 Å². The Morgan fingerprint density at radius 2 is 1.96 bits per heavy atom. The first-order chi connectivity index (χ1) is 11.6. The molecule has 3 rings (SSSR count). The number of amides is 2. The van der Waals surface area contributed by atoms with Gasteiger partial charge in [0, 0.05) is 18.2 Å². The van der Waals surface area contributed by atoms with Gasteiger partial charge in [-0.1, -0.05) is 5.21 Å². The lowest BCUT2D eigenvalue weighted by atomic mass is 10.2. The van der Waals surface area contributed by atoms with E-state index in [1.165, 1.54) is 0 Å². The molecule has 0 unspecified atom stereocenters. The van der Waals surface area contributed by atoms with Gasteiger partial charge in [0.1, 0.15) is 0 Å². The highest BCUT2D eigenvalue weighted by atomic mass is 16.3. The van der Waals surface area contributed by atoms with Crippen LogP contribution in [0.25, 0.3) is 5.69 Å². The zero-order valence-electron chi connectivity index (χ0n) is 13.3. The molecule has 24 heavy (non-hydrogen) atoms. The number of aliphatic hydroxyl groups is 1. The Morgan fingerprint density at radius 3 is 2.58 bits per heavy atom. The molecule has 126 valence electrons. The number of aromatic nitrogens is 3. The number of aliphatic hydroxyl groups excluding tert-OH is 1. The van der Waals surface area contributed by atoms with Crippen LogP contribution in [0.2, 0.25) is 0 Å². The maximum atomic E-state index is 12.1. The van der Waals surface area contributed by atoms with E-state index in [1.54, 1.807) is 35.9 Å². The maximum Gasteiger partial charge on any atom is 0.273 e. The molecule has 1 heterocycles. The second-order valence-electron chi connectivity index (χ2n) is 5.71. The highest BCUT2D eigenvalue weighted by Gasteiger charge is 2.26. The predicted molar refractivity (Wildman–Crippen MR) is 86.0 cm³/mol. The number of nitrogens with one attached hydrogen (secondary N) is 2. The molecule has 0 radical (unpaired) electrons. The van der Waals surface area contributed by atoms with Crippen LogP contribution >= 0.6 is 0 Å². The topological polar surface area (TPSA) is 109 Å². The van der Waals surface area contributed by atoms with Crippen molar-refractivity contribution in [3.8, 4) is 5.69 Å². The standard InChI is InChI=1S/C16H19N5O3/c1-10-14(16(24)18-12-4-5-12)19-20-21(10)13-6-2-11(3-7-13)15(23)17-8-9-22/h2-3,6-7,12,22H,4-5,8-9H2,1H3,(H,17,23)(H,18,24). The summed E-state index contributed by atoms with van der Waals surface area (Å²) in [4.78, 5) is 23.9. The van der Waals surface area contributed by atoms with Gasteiger partial charge in [0.2, 0.25) is 0 Å². The van der Waals surface area contributed by atoms with E-state index < -0.39 is 0 Å². The lowest BCUT2D eigenvalue weighted by Crippen LogP contribution is -2.26. The Kier molecular flexibility index (Phi) is 4.57. The van der Waals surface area contributed by atoms with Crippen molar-refractivity contribution in [3.63, 3.8) is 0 Å². The van der Waals surface area contributed by atoms with Crippen LogP contribution in [-0.4, -0.2) is 51.1 Å². The number of hydrogen-bond acceptors (Lipinski definition) is 5. The van der Waals surface area contributed by atoms with Gasteiger partial charge in [0.05, 0.1) is 18.0 Å². The smallest absolute Gasteiger partial charge is 0.273 e. The number of benzene rings is 1. The molecule has 8 heteroatoms. The Morgan fingerprint density at radius 1 is 1.25 bits per heavy atom. The van der Waals surface area contributed by atoms with Crippen molar-refractivity contribution >= 4 is 11.8 Å². The number of nitrogens with zero attached hydrogens (tertiary/aromatic N) is 3. The molecule has 2 amide bonds. The van der Waals surface area contributed by atoms with Gasteiger partial charge in [-0.3, -0.25) is 9.59 Å². The summed E-state index contributed by atoms with van der Waals surface area (Å²) < 4.78 is 1.57. The lowest BCUT2D eigenvalue weighted by Gasteiger charge is -2.06. The molecule has 1 aromatic carbocycles. The molecular formula is C16H19N5O3. The third-order valence-electron chi connectivity index (χ3n) is 3.79. The molecule has 1 aliphatic rings. The van der Waals surface area contributed by atoms with Crippen molar-refractivity contribution in [2.75, 3.05) is 13.2 Å². The fraction of sp³-hybridized carbons (Fsp3) is 0.375. The Labute approximate surface area is 138 Å². The number of carbonyl (C=O) groups excluding carboxylic acids is 2. The van der Waals surface area contributed by atoms with E-state index in [9.17, 15) is 9.59 Å². The fourth-order valence-corrected chi connectivity index (χ4v) is 2.29. The van der Waals surface area contributed by atoms with Crippen molar-refractivity contribution in [2.24, 2.45) is 0 Å². The minimum absolute atomic E-state index is 0.103. The number of rotatable bonds is 6. The van der Waals surface area contributed by atoms with Gasteiger partial charge in [-0.25, -0.2) is 4.68 Å². The van der Waals surface area contributed by atoms with E-state index in [4.69, 9.17) is 5.11 Å². The summed E-state index contributed by atoms with van der Waals surface area (Å²) in [5, 5.41) is 22.2. The monoisotopic (exact) mass is 329 g/mol. The lowest BCUT2D eigenvalue weighted by molar-refractivity contribution is 0.0937. The zero-order chi connectivity index (χ0) is 17.1. The predicted octanol–water partition coefficient (Wildman–Crippen LogP) is 0.190. The normalized spacial score (nSPS) is 13.6. The Balaban J connectivity index is 1.75. The van der Waals surface area contributed by atoms with E-state index in [-0.39, 0.29) is 31.0 Å². The largest absolute Gasteiger partial charge is 0.395 e. The van der Waals surface area contributed by atoms with Crippen LogP contribution < -0.4 is 10.6 Å². The summed E-state index contributed by atoms with van der Waals surface area (Å²) in [6.07, 6.45) is 2.03. The maximum absolute atomic E-state index is 12.1. The van der Waals surface area contributed by atoms with E-state index in [0.717, 1.165) is 12.8 Å². The first kappa shape index (κ1) is 16.1. The van der Waals surface area contributed by atoms with E-state index >= 15 is 0 Å². The van der Waals surface area contributed by atoms with Crippen LogP contribution in [-0.2, 0) is 0 Å². The van der Waals surface area contributed by atoms with Gasteiger partial charge in [0.25, 0.3) is 11.8 Å². The average molecular weight is 329 g/mol. The summed E-state index contributed by atoms with van der Waals surface area (Å²) in [7, 11) is 0. The zero-order valence-corrected chi connectivity index (χ0v) is 13.3. The van der Waals surface area contributed by atoms with Crippen molar-refractivity contribution in [2.45, 2.75) is 25.8 Å². The second-order valence-corrected chi connectivity index (χ2v) is 5.71. The van der Waals surface area contributed by atoms with Crippen LogP contribution in [0.3, 0.4) is 0 Å². The molecule has 1 aliphatic carbocycles. The minimum atomic E-state index is -0.254. The summed E-state index contributed by atoms with van der Waals surface area (Å²) in [5.74, 6) is -0.461. The van der Waals surface area contributed by atoms with E-state index in [0.29, 0.717) is 22.6 Å². The van der Waals surface area contributed by atoms with E-state index in [2.05, 4.69) is 20.9 Å². The van der Waals surface area contributed by atoms with Gasteiger partial charge >= 0.3 is 0 Å². The van der Waals surface area contributed by atoms with Gasteiger partial charge < -0.3 is 15.7 Å². The van der Waals surface area contributed by atoms with Crippen molar-refractivity contribution in [1.82, 2.24) is 25.6 Å². The quantitative estimate of drug-likeness (QED) is 0.701. The molecule has 8 nitrogen and oxygen atoms in total. The van der Waals surface area contributed by atoms with Crippen molar-refractivity contribution in [1.29, 1.82) is 0 Å². The first-order valence-corrected chi connectivity index (χ1v) is 7.83. The fourth-order valence-electron chi connectivity index (χ4n) is 2.29. The Hall–Kier alpha value is -2.74. The molecule has 0 bridgehead atoms. The molecule has 0 saturated heterocycles. The summed E-state index contributed by atoms with van der Waals surface area (Å²) >= 11 is 0. The molecule has 1 saturated carbocycles. The van der Waals surface area contributed by atoms with Crippen LogP contribution in [0.4, 0.5) is 0 Å². The Bertz CT molecular complexity index is 750. The van der Waals surface area contributed by atoms with Gasteiger partial charge in [0.15, 0.2) is 5.69 Å².